The molecule has 0 spiro atoms. The number of likely N-dealkylation sites (N-methyl/N-ethyl adjacent to an activating group) is 1. The summed E-state index contributed by atoms with van der Waals surface area (Å²) in [5.41, 5.74) is 2.98. The molecule has 11 nitrogen and oxygen atoms in total. The molecule has 0 aliphatic heterocycles. The van der Waals surface area contributed by atoms with Gasteiger partial charge in [0.2, 0.25) is 5.91 Å². The third-order valence-corrected chi connectivity index (χ3v) is 10.2. The van der Waals surface area contributed by atoms with Crippen LogP contribution in [-0.4, -0.2) is 91.0 Å². The molecule has 1 aromatic heterocycles. The van der Waals surface area contributed by atoms with E-state index >= 15 is 0 Å². The van der Waals surface area contributed by atoms with Crippen LogP contribution in [0.1, 0.15) is 48.9 Å². The lowest BCUT2D eigenvalue weighted by molar-refractivity contribution is -0.165. The molecular weight excluding hydrogens is 805 g/mol. The number of pyridine rings is 1. The van der Waals surface area contributed by atoms with Gasteiger partial charge in [-0.1, -0.05) is 74.5 Å². The number of carboxylic acids is 2. The minimum absolute atomic E-state index is 0.00415. The summed E-state index contributed by atoms with van der Waals surface area (Å²) in [5.74, 6) is -5.39. The Morgan fingerprint density at radius 3 is 1.84 bits per heavy atom. The first-order chi connectivity index (χ1) is 28.9. The van der Waals surface area contributed by atoms with E-state index in [4.69, 9.17) is 20.4 Å². The molecule has 326 valence electrons. The van der Waals surface area contributed by atoms with Gasteiger partial charge in [-0.2, -0.15) is 13.2 Å². The van der Waals surface area contributed by atoms with Gasteiger partial charge in [0, 0.05) is 36.8 Å². The molecule has 0 unspecified atom stereocenters. The minimum atomic E-state index is -4.40. The molecule has 5 rings (SSSR count). The number of aliphatic hydroxyl groups is 2. The largest absolute Gasteiger partial charge is 0.479 e. The number of fused-ring (bicyclic) bond motifs is 1. The highest BCUT2D eigenvalue weighted by molar-refractivity contribution is 5.83. The maximum atomic E-state index is 14.1. The van der Waals surface area contributed by atoms with E-state index in [1.165, 1.54) is 18.2 Å². The summed E-state index contributed by atoms with van der Waals surface area (Å²) >= 11 is 0. The second kappa shape index (κ2) is 22.0. The lowest BCUT2D eigenvalue weighted by Gasteiger charge is -2.27. The van der Waals surface area contributed by atoms with Crippen LogP contribution < -0.4 is 5.43 Å². The molecule has 2 atom stereocenters. The molecule has 1 amide bonds. The number of para-hydroxylation sites is 1. The predicted octanol–water partition coefficient (Wildman–Crippen LogP) is 6.78. The van der Waals surface area contributed by atoms with Crippen molar-refractivity contribution in [3.8, 4) is 11.1 Å². The molecule has 1 heterocycles. The van der Waals surface area contributed by atoms with E-state index in [1.54, 1.807) is 29.3 Å². The van der Waals surface area contributed by atoms with Crippen LogP contribution >= 0.6 is 0 Å². The Morgan fingerprint density at radius 2 is 1.28 bits per heavy atom. The van der Waals surface area contributed by atoms with Crippen LogP contribution in [0.5, 0.6) is 0 Å². The Bertz CT molecular complexity index is 2300. The molecule has 0 fully saturated rings. The summed E-state index contributed by atoms with van der Waals surface area (Å²) in [6.45, 7) is 7.28. The number of hydrogen-bond donors (Lipinski definition) is 4. The normalized spacial score (nSPS) is 12.4. The highest BCUT2D eigenvalue weighted by atomic mass is 19.4. The average molecular weight is 854 g/mol. The quantitative estimate of drug-likeness (QED) is 0.0551. The first-order valence-electron chi connectivity index (χ1n) is 19.6. The Morgan fingerprint density at radius 1 is 0.721 bits per heavy atom. The van der Waals surface area contributed by atoms with Gasteiger partial charge in [0.15, 0.2) is 29.3 Å². The number of aliphatic hydroxyl groups excluding tert-OH is 2. The molecule has 4 aromatic carbocycles. The summed E-state index contributed by atoms with van der Waals surface area (Å²) in [5, 5.41) is 33.0. The van der Waals surface area contributed by atoms with Crippen molar-refractivity contribution >= 4 is 28.7 Å². The van der Waals surface area contributed by atoms with Crippen molar-refractivity contribution in [3.63, 3.8) is 0 Å². The number of aliphatic carboxylic acids is 2. The van der Waals surface area contributed by atoms with Gasteiger partial charge in [0.1, 0.15) is 6.54 Å². The fourth-order valence-corrected chi connectivity index (χ4v) is 6.57. The maximum Gasteiger partial charge on any atom is 0.416 e. The molecule has 5 aromatic rings. The third kappa shape index (κ3) is 13.3. The molecule has 4 N–H and O–H groups in total. The minimum Gasteiger partial charge on any atom is -0.479 e. The molecule has 0 saturated heterocycles. The van der Waals surface area contributed by atoms with Gasteiger partial charge >= 0.3 is 18.1 Å². The van der Waals surface area contributed by atoms with Crippen molar-refractivity contribution in [2.45, 2.75) is 71.0 Å². The van der Waals surface area contributed by atoms with Crippen molar-refractivity contribution in [1.82, 2.24) is 14.4 Å². The zero-order valence-corrected chi connectivity index (χ0v) is 33.6. The Labute approximate surface area is 348 Å². The topological polar surface area (TPSA) is 161 Å². The van der Waals surface area contributed by atoms with Crippen LogP contribution in [0, 0.1) is 11.6 Å². The predicted molar refractivity (Wildman–Crippen MR) is 219 cm³/mol. The van der Waals surface area contributed by atoms with E-state index in [0.717, 1.165) is 42.4 Å². The summed E-state index contributed by atoms with van der Waals surface area (Å²) in [4.78, 5) is 51.1. The van der Waals surface area contributed by atoms with Gasteiger partial charge in [-0.3, -0.25) is 9.59 Å². The number of alkyl halides is 3. The summed E-state index contributed by atoms with van der Waals surface area (Å²) in [6, 6.07) is 23.8. The second-order valence-corrected chi connectivity index (χ2v) is 14.2. The van der Waals surface area contributed by atoms with Gasteiger partial charge in [0.25, 0.3) is 0 Å². The van der Waals surface area contributed by atoms with Crippen molar-refractivity contribution in [1.29, 1.82) is 0 Å². The van der Waals surface area contributed by atoms with E-state index in [9.17, 15) is 41.1 Å². The number of carbonyl (C=O) groups is 3. The van der Waals surface area contributed by atoms with Crippen LogP contribution in [-0.2, 0) is 46.5 Å². The third-order valence-electron chi connectivity index (χ3n) is 10.2. The van der Waals surface area contributed by atoms with E-state index in [-0.39, 0.29) is 17.9 Å². The van der Waals surface area contributed by atoms with E-state index in [0.29, 0.717) is 72.9 Å². The molecule has 61 heavy (non-hydrogen) atoms. The van der Waals surface area contributed by atoms with E-state index in [1.807, 2.05) is 41.0 Å². The second-order valence-electron chi connectivity index (χ2n) is 14.2. The number of hydrogen-bond acceptors (Lipinski definition) is 7. The molecule has 0 aliphatic carbocycles. The lowest BCUT2D eigenvalue weighted by atomic mass is 10.0. The zero-order valence-electron chi connectivity index (χ0n) is 33.6. The Balaban J connectivity index is 0.000000727. The fourth-order valence-electron chi connectivity index (χ4n) is 6.57. The number of carboxylic acid groups (broad SMARTS) is 2. The monoisotopic (exact) mass is 853 g/mol. The molecule has 0 aliphatic rings. The number of amides is 1. The molecule has 0 radical (unpaired) electrons. The van der Waals surface area contributed by atoms with Crippen LogP contribution in [0.2, 0.25) is 0 Å². The average Bonchev–Trinajstić information content (AvgIpc) is 3.24. The van der Waals surface area contributed by atoms with Crippen molar-refractivity contribution < 1.29 is 56.8 Å². The number of unbranched alkanes of at least 4 members (excludes halogenated alkanes) is 1. The van der Waals surface area contributed by atoms with E-state index < -0.39 is 47.5 Å². The van der Waals surface area contributed by atoms with Crippen LogP contribution in [0.4, 0.5) is 22.0 Å². The number of aromatic nitrogens is 1. The Kier molecular flexibility index (Phi) is 17.2. The smallest absolute Gasteiger partial charge is 0.416 e. The van der Waals surface area contributed by atoms with Crippen molar-refractivity contribution in [2.75, 3.05) is 26.2 Å². The van der Waals surface area contributed by atoms with Gasteiger partial charge in [-0.05, 0) is 91.4 Å². The Hall–Kier alpha value is -5.97. The number of rotatable bonds is 18. The lowest BCUT2D eigenvalue weighted by Crippen LogP contribution is -2.40. The van der Waals surface area contributed by atoms with E-state index in [2.05, 4.69) is 18.7 Å². The van der Waals surface area contributed by atoms with Crippen molar-refractivity contribution in [3.05, 3.63) is 141 Å². The van der Waals surface area contributed by atoms with Gasteiger partial charge < -0.3 is 34.8 Å². The number of nitrogens with zero attached hydrogens (tertiary/aromatic N) is 3. The first-order valence-corrected chi connectivity index (χ1v) is 19.6. The number of benzene rings is 4. The highest BCUT2D eigenvalue weighted by Gasteiger charge is 2.30. The summed E-state index contributed by atoms with van der Waals surface area (Å²) in [7, 11) is 0. The molecular formula is C45H48F5N3O8. The highest BCUT2D eigenvalue weighted by Crippen LogP contribution is 2.31. The molecule has 0 saturated carbocycles. The fraction of sp³-hybridized carbons (Fsp3) is 0.333. The van der Waals surface area contributed by atoms with Crippen molar-refractivity contribution in [2.24, 2.45) is 0 Å². The van der Waals surface area contributed by atoms with Gasteiger partial charge in [-0.25, -0.2) is 18.4 Å². The maximum absolute atomic E-state index is 14.1. The summed E-state index contributed by atoms with van der Waals surface area (Å²) in [6.07, 6.45) is -5.29. The van der Waals surface area contributed by atoms with Crippen LogP contribution in [0.15, 0.2) is 102 Å². The van der Waals surface area contributed by atoms with Crippen LogP contribution in [0.25, 0.3) is 22.0 Å². The SMILES string of the molecule is CCN(CC)CCN(Cc1ccc(-c2ccc(C(F)(F)F)cc2)cc1)C(=O)Cn1cc(CCCCc2cccc(F)c2F)c(=O)c2ccccc21.O=C(O)[C@H](O)[C@@H](O)C(=O)O. The zero-order chi connectivity index (χ0) is 44.9. The first kappa shape index (κ1) is 47.7. The number of halogens is 5. The summed E-state index contributed by atoms with van der Waals surface area (Å²) < 4.78 is 68.7. The number of carbonyl (C=O) groups excluding carboxylic acids is 1. The van der Waals surface area contributed by atoms with Gasteiger partial charge in [0.05, 0.1) is 11.1 Å². The number of aryl methyl sites for hydroxylation is 2. The van der Waals surface area contributed by atoms with Crippen LogP contribution in [0.3, 0.4) is 0 Å². The standard InChI is InChI=1S/C41H42F5N3O2.C4H6O6/c1-3-47(4-2)24-25-48(26-29-16-18-30(19-17-29)31-20-22-34(23-21-31)41(44,45)46)38(50)28-49-27-33(40(51)35-13-7-8-15-37(35)49)11-6-5-10-32-12-9-14-36(42)39(32)43;5-1(3(7)8)2(6)4(9)10/h7-9,12-23,27H,3-6,10-11,24-26,28H2,1-2H3;1-2,5-6H,(H,7,8)(H,9,10)/t;1-,2-/m.1/s1. The van der Waals surface area contributed by atoms with Gasteiger partial charge in [-0.15, -0.1) is 0 Å². The molecule has 0 bridgehead atoms. The molecule has 16 heteroatoms.